The quantitative estimate of drug-likeness (QED) is 0.533. The molecule has 0 saturated carbocycles. The fraction of sp³-hybridized carbons (Fsp3) is 0.458. The molecule has 1 aromatic heterocycles. The Morgan fingerprint density at radius 3 is 2.50 bits per heavy atom. The largest absolute Gasteiger partial charge is 0.493 e. The van der Waals surface area contributed by atoms with Crippen LogP contribution in [0, 0.1) is 5.92 Å². The number of rotatable bonds is 10. The fourth-order valence-corrected chi connectivity index (χ4v) is 4.10. The molecule has 0 bridgehead atoms. The molecule has 32 heavy (non-hydrogen) atoms. The lowest BCUT2D eigenvalue weighted by atomic mass is 9.87. The zero-order valence-corrected chi connectivity index (χ0v) is 18.6. The molecule has 8 heteroatoms. The summed E-state index contributed by atoms with van der Waals surface area (Å²) in [6.07, 6.45) is 4.37. The van der Waals surface area contributed by atoms with E-state index in [4.69, 9.17) is 14.6 Å². The highest BCUT2D eigenvalue weighted by atomic mass is 16.5. The Labute approximate surface area is 186 Å². The summed E-state index contributed by atoms with van der Waals surface area (Å²) >= 11 is 0. The van der Waals surface area contributed by atoms with E-state index in [0.29, 0.717) is 36.6 Å². The number of nitrogens with zero attached hydrogens (tertiary/aromatic N) is 1. The van der Waals surface area contributed by atoms with Gasteiger partial charge in [-0.1, -0.05) is 13.8 Å². The molecular formula is C24H29NO7. The van der Waals surface area contributed by atoms with E-state index in [1.807, 2.05) is 16.7 Å². The van der Waals surface area contributed by atoms with Crippen molar-refractivity contribution in [2.24, 2.45) is 5.92 Å². The Bertz CT molecular complexity index is 1070. The van der Waals surface area contributed by atoms with Crippen LogP contribution in [0.3, 0.4) is 0 Å². The maximum absolute atomic E-state index is 12.4. The number of ether oxygens (including phenoxy) is 2. The molecule has 2 N–H and O–H groups in total. The third kappa shape index (κ3) is 4.95. The summed E-state index contributed by atoms with van der Waals surface area (Å²) in [5.74, 6) is -0.685. The van der Waals surface area contributed by atoms with Gasteiger partial charge in [0.05, 0.1) is 19.4 Å². The monoisotopic (exact) mass is 443 g/mol. The van der Waals surface area contributed by atoms with Gasteiger partial charge in [-0.05, 0) is 49.3 Å². The van der Waals surface area contributed by atoms with E-state index in [-0.39, 0.29) is 23.9 Å². The minimum Gasteiger partial charge on any atom is -0.493 e. The van der Waals surface area contributed by atoms with Gasteiger partial charge in [0.1, 0.15) is 5.56 Å². The van der Waals surface area contributed by atoms with Crippen molar-refractivity contribution in [3.63, 3.8) is 0 Å². The van der Waals surface area contributed by atoms with E-state index in [1.54, 1.807) is 7.11 Å². The molecule has 1 aromatic carbocycles. The number of aromatic carboxylic acids is 1. The fourth-order valence-electron chi connectivity index (χ4n) is 4.10. The number of benzene rings is 1. The van der Waals surface area contributed by atoms with E-state index in [1.165, 1.54) is 12.3 Å². The van der Waals surface area contributed by atoms with Crippen molar-refractivity contribution in [3.05, 3.63) is 45.7 Å². The number of carboxylic acids is 2. The first-order valence-electron chi connectivity index (χ1n) is 10.8. The molecule has 0 unspecified atom stereocenters. The summed E-state index contributed by atoms with van der Waals surface area (Å²) in [5.41, 5.74) is 1.73. The minimum absolute atomic E-state index is 0.00605. The van der Waals surface area contributed by atoms with E-state index in [9.17, 15) is 19.5 Å². The summed E-state index contributed by atoms with van der Waals surface area (Å²) < 4.78 is 13.3. The molecule has 0 amide bonds. The van der Waals surface area contributed by atoms with Crippen LogP contribution in [-0.4, -0.2) is 40.4 Å². The number of carboxylic acid groups (broad SMARTS) is 2. The van der Waals surface area contributed by atoms with Gasteiger partial charge >= 0.3 is 11.9 Å². The average Bonchev–Trinajstić information content (AvgIpc) is 2.74. The predicted octanol–water partition coefficient (Wildman–Crippen LogP) is 4.00. The Kier molecular flexibility index (Phi) is 7.22. The highest BCUT2D eigenvalue weighted by molar-refractivity contribution is 5.88. The van der Waals surface area contributed by atoms with Crippen LogP contribution >= 0.6 is 0 Å². The third-order valence-electron chi connectivity index (χ3n) is 5.82. The topological polar surface area (TPSA) is 115 Å². The van der Waals surface area contributed by atoms with E-state index >= 15 is 0 Å². The molecule has 1 aliphatic rings. The molecule has 0 radical (unpaired) electrons. The van der Waals surface area contributed by atoms with Gasteiger partial charge in [0.15, 0.2) is 16.9 Å². The average molecular weight is 443 g/mol. The number of pyridine rings is 1. The van der Waals surface area contributed by atoms with E-state index in [0.717, 1.165) is 24.0 Å². The molecule has 1 aliphatic heterocycles. The number of methoxy groups -OCH3 is 1. The Balaban J connectivity index is 1.92. The van der Waals surface area contributed by atoms with Gasteiger partial charge in [-0.3, -0.25) is 9.59 Å². The van der Waals surface area contributed by atoms with E-state index < -0.39 is 17.4 Å². The number of aliphatic carboxylic acids is 1. The molecule has 0 saturated heterocycles. The number of hydrogen-bond donors (Lipinski definition) is 2. The summed E-state index contributed by atoms with van der Waals surface area (Å²) in [4.78, 5) is 34.5. The van der Waals surface area contributed by atoms with Crippen molar-refractivity contribution in [2.75, 3.05) is 13.7 Å². The number of fused-ring (bicyclic) bond motifs is 3. The Morgan fingerprint density at radius 2 is 1.88 bits per heavy atom. The minimum atomic E-state index is -1.23. The van der Waals surface area contributed by atoms with Crippen LogP contribution < -0.4 is 14.9 Å². The van der Waals surface area contributed by atoms with Gasteiger partial charge in [-0.25, -0.2) is 4.79 Å². The number of aromatic nitrogens is 1. The van der Waals surface area contributed by atoms with E-state index in [2.05, 4.69) is 13.8 Å². The standard InChI is InChI=1S/C24H29NO7/c1-14(2)18-9-15-10-22(32-8-6-4-5-7-23(27)28)21(31-3)11-16(15)19-12-20(26)17(24(29)30)13-25(18)19/h10-14,18H,4-9H2,1-3H3,(H,27,28)(H,29,30)/t18-/m0/s1. The first kappa shape index (κ1) is 23.4. The molecule has 0 spiro atoms. The lowest BCUT2D eigenvalue weighted by Crippen LogP contribution is -2.28. The zero-order valence-electron chi connectivity index (χ0n) is 18.6. The van der Waals surface area contributed by atoms with Crippen molar-refractivity contribution in [2.45, 2.75) is 52.0 Å². The van der Waals surface area contributed by atoms with Crippen molar-refractivity contribution in [1.29, 1.82) is 0 Å². The van der Waals surface area contributed by atoms with Gasteiger partial charge in [-0.15, -0.1) is 0 Å². The predicted molar refractivity (Wildman–Crippen MR) is 119 cm³/mol. The number of carbonyl (C=O) groups is 2. The van der Waals surface area contributed by atoms with Gasteiger partial charge in [-0.2, -0.15) is 0 Å². The third-order valence-corrected chi connectivity index (χ3v) is 5.82. The zero-order chi connectivity index (χ0) is 23.4. The van der Waals surface area contributed by atoms with Crippen molar-refractivity contribution in [1.82, 2.24) is 4.57 Å². The second-order valence-electron chi connectivity index (χ2n) is 8.38. The number of unbranched alkanes of at least 4 members (excludes halogenated alkanes) is 2. The van der Waals surface area contributed by atoms with Crippen LogP contribution in [0.25, 0.3) is 11.3 Å². The first-order chi connectivity index (χ1) is 15.2. The van der Waals surface area contributed by atoms with Crippen LogP contribution in [0.15, 0.2) is 29.2 Å². The molecule has 2 aromatic rings. The summed E-state index contributed by atoms with van der Waals surface area (Å²) in [5, 5.41) is 18.1. The first-order valence-corrected chi connectivity index (χ1v) is 10.8. The van der Waals surface area contributed by atoms with Crippen molar-refractivity contribution >= 4 is 11.9 Å². The maximum atomic E-state index is 12.4. The smallest absolute Gasteiger partial charge is 0.341 e. The molecule has 0 aliphatic carbocycles. The van der Waals surface area contributed by atoms with Gasteiger partial charge in [0, 0.05) is 30.3 Å². The van der Waals surface area contributed by atoms with Gasteiger partial charge in [0.25, 0.3) is 0 Å². The maximum Gasteiger partial charge on any atom is 0.341 e. The Morgan fingerprint density at radius 1 is 1.12 bits per heavy atom. The molecular weight excluding hydrogens is 414 g/mol. The van der Waals surface area contributed by atoms with Crippen LogP contribution in [-0.2, 0) is 11.2 Å². The van der Waals surface area contributed by atoms with Crippen LogP contribution in [0.2, 0.25) is 0 Å². The molecule has 1 atom stereocenters. The van der Waals surface area contributed by atoms with Gasteiger partial charge in [0.2, 0.25) is 0 Å². The molecule has 0 fully saturated rings. The highest BCUT2D eigenvalue weighted by Gasteiger charge is 2.29. The summed E-state index contributed by atoms with van der Waals surface area (Å²) in [7, 11) is 1.54. The lowest BCUT2D eigenvalue weighted by molar-refractivity contribution is -0.137. The highest BCUT2D eigenvalue weighted by Crippen LogP contribution is 2.42. The molecule has 3 rings (SSSR count). The summed E-state index contributed by atoms with van der Waals surface area (Å²) in [6.45, 7) is 4.58. The molecule has 172 valence electrons. The van der Waals surface area contributed by atoms with Gasteiger partial charge < -0.3 is 24.3 Å². The normalized spacial score (nSPS) is 14.6. The molecule has 2 heterocycles. The second kappa shape index (κ2) is 9.89. The number of hydrogen-bond acceptors (Lipinski definition) is 5. The lowest BCUT2D eigenvalue weighted by Gasteiger charge is -2.33. The Hall–Kier alpha value is -3.29. The second-order valence-corrected chi connectivity index (χ2v) is 8.38. The molecule has 8 nitrogen and oxygen atoms in total. The van der Waals surface area contributed by atoms with Crippen LogP contribution in [0.1, 0.15) is 61.5 Å². The summed E-state index contributed by atoms with van der Waals surface area (Å²) in [6, 6.07) is 5.14. The van der Waals surface area contributed by atoms with Crippen LogP contribution in [0.4, 0.5) is 0 Å². The SMILES string of the molecule is COc1cc2c(cc1OCCCCCC(=O)O)C[C@@H](C(C)C)n1cc(C(=O)O)c(=O)cc1-2. The van der Waals surface area contributed by atoms with Crippen molar-refractivity contribution < 1.29 is 29.3 Å². The van der Waals surface area contributed by atoms with Crippen molar-refractivity contribution in [3.8, 4) is 22.8 Å². The van der Waals surface area contributed by atoms with Crippen LogP contribution in [0.5, 0.6) is 11.5 Å².